The number of halogens is 1. The fraction of sp³-hybridized carbons (Fsp3) is 0.571. The summed E-state index contributed by atoms with van der Waals surface area (Å²) in [7, 11) is 3.18. The largest absolute Gasteiger partial charge is 0.493 e. The Morgan fingerprint density at radius 1 is 1.05 bits per heavy atom. The van der Waals surface area contributed by atoms with Gasteiger partial charge in [-0.05, 0) is 31.5 Å². The minimum atomic E-state index is 0.186. The van der Waals surface area contributed by atoms with Crippen LogP contribution in [0.2, 0.25) is 0 Å². The molecule has 0 radical (unpaired) electrons. The van der Waals surface area contributed by atoms with Crippen LogP contribution in [0.4, 0.5) is 0 Å². The van der Waals surface area contributed by atoms with E-state index in [9.17, 15) is 0 Å². The topological polar surface area (TPSA) is 36.9 Å². The Morgan fingerprint density at radius 3 is 2.05 bits per heavy atom. The molecule has 5 heteroatoms. The molecule has 1 rings (SSSR count). The van der Waals surface area contributed by atoms with E-state index in [-0.39, 0.29) is 6.10 Å². The van der Waals surface area contributed by atoms with Crippen LogP contribution in [0, 0.1) is 0 Å². The van der Waals surface area contributed by atoms with E-state index in [1.165, 1.54) is 0 Å². The van der Waals surface area contributed by atoms with Crippen molar-refractivity contribution in [2.75, 3.05) is 27.4 Å². The van der Waals surface area contributed by atoms with Gasteiger partial charge in [0.2, 0.25) is 5.75 Å². The third kappa shape index (κ3) is 4.80. The van der Waals surface area contributed by atoms with Gasteiger partial charge < -0.3 is 18.9 Å². The SMILES string of the molecule is COc1cc(CCl)cc(OC)c1OCCOC(C)C. The molecule has 0 N–H and O–H groups in total. The summed E-state index contributed by atoms with van der Waals surface area (Å²) in [6, 6.07) is 3.68. The second-order valence-corrected chi connectivity index (χ2v) is 4.50. The van der Waals surface area contributed by atoms with Crippen molar-refractivity contribution in [3.05, 3.63) is 17.7 Å². The van der Waals surface area contributed by atoms with Crippen molar-refractivity contribution in [3.63, 3.8) is 0 Å². The number of benzene rings is 1. The van der Waals surface area contributed by atoms with E-state index in [4.69, 9.17) is 30.5 Å². The zero-order valence-electron chi connectivity index (χ0n) is 11.9. The Bertz CT molecular complexity index is 368. The fourth-order valence-electron chi connectivity index (χ4n) is 1.58. The molecule has 108 valence electrons. The van der Waals surface area contributed by atoms with E-state index in [1.807, 2.05) is 26.0 Å². The lowest BCUT2D eigenvalue weighted by atomic mass is 10.2. The normalized spacial score (nSPS) is 10.6. The van der Waals surface area contributed by atoms with Gasteiger partial charge in [-0.2, -0.15) is 0 Å². The van der Waals surface area contributed by atoms with Crippen LogP contribution in [0.5, 0.6) is 17.2 Å². The quantitative estimate of drug-likeness (QED) is 0.543. The van der Waals surface area contributed by atoms with Crippen molar-refractivity contribution >= 4 is 11.6 Å². The molecule has 1 aromatic rings. The van der Waals surface area contributed by atoms with Gasteiger partial charge in [0.05, 0.1) is 26.9 Å². The molecule has 0 aliphatic carbocycles. The zero-order valence-corrected chi connectivity index (χ0v) is 12.6. The Kier molecular flexibility index (Phi) is 6.81. The Morgan fingerprint density at radius 2 is 1.63 bits per heavy atom. The van der Waals surface area contributed by atoms with Gasteiger partial charge in [0.15, 0.2) is 11.5 Å². The van der Waals surface area contributed by atoms with Gasteiger partial charge in [-0.25, -0.2) is 0 Å². The molecule has 0 atom stereocenters. The molecule has 0 aliphatic rings. The van der Waals surface area contributed by atoms with Crippen LogP contribution in [-0.4, -0.2) is 33.5 Å². The first-order valence-electron chi connectivity index (χ1n) is 6.17. The number of hydrogen-bond donors (Lipinski definition) is 0. The molecule has 0 spiro atoms. The van der Waals surface area contributed by atoms with Crippen molar-refractivity contribution < 1.29 is 18.9 Å². The molecule has 4 nitrogen and oxygen atoms in total. The molecule has 0 aliphatic heterocycles. The number of methoxy groups -OCH3 is 2. The summed E-state index contributed by atoms with van der Waals surface area (Å²) in [5.41, 5.74) is 0.918. The van der Waals surface area contributed by atoms with Gasteiger partial charge in [-0.3, -0.25) is 0 Å². The maximum Gasteiger partial charge on any atom is 0.203 e. The third-order valence-corrected chi connectivity index (χ3v) is 2.76. The van der Waals surface area contributed by atoms with Crippen LogP contribution < -0.4 is 14.2 Å². The van der Waals surface area contributed by atoms with Crippen molar-refractivity contribution in [1.29, 1.82) is 0 Å². The highest BCUT2D eigenvalue weighted by atomic mass is 35.5. The maximum absolute atomic E-state index is 5.83. The van der Waals surface area contributed by atoms with E-state index in [2.05, 4.69) is 0 Å². The zero-order chi connectivity index (χ0) is 14.3. The van der Waals surface area contributed by atoms with Crippen LogP contribution in [-0.2, 0) is 10.6 Å². The predicted octanol–water partition coefficient (Wildman–Crippen LogP) is 3.25. The van der Waals surface area contributed by atoms with E-state index in [0.29, 0.717) is 36.3 Å². The van der Waals surface area contributed by atoms with Crippen molar-refractivity contribution in [1.82, 2.24) is 0 Å². The molecule has 0 bridgehead atoms. The predicted molar refractivity (Wildman–Crippen MR) is 75.7 cm³/mol. The number of ether oxygens (including phenoxy) is 4. The second-order valence-electron chi connectivity index (χ2n) is 4.23. The van der Waals surface area contributed by atoms with Crippen molar-refractivity contribution in [2.24, 2.45) is 0 Å². The maximum atomic E-state index is 5.83. The Balaban J connectivity index is 2.79. The molecular weight excluding hydrogens is 268 g/mol. The average molecular weight is 289 g/mol. The summed E-state index contributed by atoms with van der Waals surface area (Å²) >= 11 is 5.83. The van der Waals surface area contributed by atoms with Crippen molar-refractivity contribution in [3.8, 4) is 17.2 Å². The highest BCUT2D eigenvalue weighted by molar-refractivity contribution is 6.17. The molecule has 0 unspecified atom stereocenters. The van der Waals surface area contributed by atoms with Gasteiger partial charge in [-0.1, -0.05) is 0 Å². The summed E-state index contributed by atoms with van der Waals surface area (Å²) in [4.78, 5) is 0. The average Bonchev–Trinajstić information content (AvgIpc) is 2.42. The number of hydrogen-bond acceptors (Lipinski definition) is 4. The van der Waals surface area contributed by atoms with E-state index in [1.54, 1.807) is 14.2 Å². The van der Waals surface area contributed by atoms with Gasteiger partial charge in [0.1, 0.15) is 6.61 Å². The first-order valence-corrected chi connectivity index (χ1v) is 6.71. The minimum absolute atomic E-state index is 0.186. The lowest BCUT2D eigenvalue weighted by Crippen LogP contribution is -2.12. The Labute approximate surface area is 119 Å². The molecule has 0 amide bonds. The summed E-state index contributed by atoms with van der Waals surface area (Å²) in [5, 5.41) is 0. The molecule has 19 heavy (non-hydrogen) atoms. The highest BCUT2D eigenvalue weighted by Gasteiger charge is 2.14. The van der Waals surface area contributed by atoms with E-state index >= 15 is 0 Å². The molecular formula is C14H21ClO4. The molecule has 0 saturated carbocycles. The van der Waals surface area contributed by atoms with Crippen LogP contribution >= 0.6 is 11.6 Å². The lowest BCUT2D eigenvalue weighted by molar-refractivity contribution is 0.0540. The van der Waals surface area contributed by atoms with Crippen LogP contribution in [0.1, 0.15) is 19.4 Å². The first kappa shape index (κ1) is 15.9. The molecule has 0 saturated heterocycles. The molecule has 1 aromatic carbocycles. The number of alkyl halides is 1. The highest BCUT2D eigenvalue weighted by Crippen LogP contribution is 2.38. The van der Waals surface area contributed by atoms with Crippen LogP contribution in [0.15, 0.2) is 12.1 Å². The van der Waals surface area contributed by atoms with Crippen molar-refractivity contribution in [2.45, 2.75) is 25.8 Å². The smallest absolute Gasteiger partial charge is 0.203 e. The Hall–Kier alpha value is -1.13. The van der Waals surface area contributed by atoms with Gasteiger partial charge >= 0.3 is 0 Å². The first-order chi connectivity index (χ1) is 9.12. The van der Waals surface area contributed by atoms with E-state index < -0.39 is 0 Å². The second kappa shape index (κ2) is 8.12. The van der Waals surface area contributed by atoms with Crippen LogP contribution in [0.3, 0.4) is 0 Å². The van der Waals surface area contributed by atoms with Gasteiger partial charge in [0.25, 0.3) is 0 Å². The summed E-state index contributed by atoms with van der Waals surface area (Å²) in [5.74, 6) is 2.19. The fourth-order valence-corrected chi connectivity index (χ4v) is 1.74. The monoisotopic (exact) mass is 288 g/mol. The molecule has 0 fully saturated rings. The summed E-state index contributed by atoms with van der Waals surface area (Å²) in [6.07, 6.45) is 0.186. The summed E-state index contributed by atoms with van der Waals surface area (Å²) < 4.78 is 21.7. The van der Waals surface area contributed by atoms with Gasteiger partial charge in [-0.15, -0.1) is 11.6 Å². The lowest BCUT2D eigenvalue weighted by Gasteiger charge is -2.16. The minimum Gasteiger partial charge on any atom is -0.493 e. The van der Waals surface area contributed by atoms with E-state index in [0.717, 1.165) is 5.56 Å². The number of rotatable bonds is 8. The third-order valence-electron chi connectivity index (χ3n) is 2.46. The van der Waals surface area contributed by atoms with Crippen LogP contribution in [0.25, 0.3) is 0 Å². The van der Waals surface area contributed by atoms with Gasteiger partial charge in [0, 0.05) is 5.88 Å². The summed E-state index contributed by atoms with van der Waals surface area (Å²) in [6.45, 7) is 4.92. The standard InChI is InChI=1S/C14H21ClO4/c1-10(2)18-5-6-19-14-12(16-3)7-11(9-15)8-13(14)17-4/h7-8,10H,5-6,9H2,1-4H3. The molecule has 0 heterocycles. The molecule has 0 aromatic heterocycles.